The molecule has 2 aromatic carbocycles. The summed E-state index contributed by atoms with van der Waals surface area (Å²) in [5, 5.41) is 2.99. The predicted octanol–water partition coefficient (Wildman–Crippen LogP) is 3.22. The smallest absolute Gasteiger partial charge is 0.251 e. The molecule has 31 heavy (non-hydrogen) atoms. The van der Waals surface area contributed by atoms with Crippen LogP contribution in [0.2, 0.25) is 0 Å². The van der Waals surface area contributed by atoms with Crippen LogP contribution in [-0.2, 0) is 10.0 Å². The number of aryl methyl sites for hydroxylation is 1. The van der Waals surface area contributed by atoms with Gasteiger partial charge in [0.2, 0.25) is 10.0 Å². The molecular formula is C23H28FN3O3S. The van der Waals surface area contributed by atoms with Crippen LogP contribution in [0.5, 0.6) is 0 Å². The molecule has 1 unspecified atom stereocenters. The summed E-state index contributed by atoms with van der Waals surface area (Å²) in [5.41, 5.74) is 1.83. The van der Waals surface area contributed by atoms with Crippen LogP contribution in [0.3, 0.4) is 0 Å². The Kier molecular flexibility index (Phi) is 6.29. The first-order chi connectivity index (χ1) is 14.8. The fraction of sp³-hybridized carbons (Fsp3) is 0.435. The van der Waals surface area contributed by atoms with Gasteiger partial charge in [0.05, 0.1) is 10.6 Å². The van der Waals surface area contributed by atoms with Crippen molar-refractivity contribution in [3.8, 4) is 0 Å². The van der Waals surface area contributed by atoms with Crippen molar-refractivity contribution in [1.82, 2.24) is 10.0 Å². The molecule has 1 heterocycles. The first-order valence-corrected chi connectivity index (χ1v) is 12.2. The standard InChI is InChI=1S/C23H28FN3O3S/c1-16-7-10-21(24)22(12-16)27-11-3-5-19(15-27)26-23(28)18-4-2-6-20(13-18)31(29,30)25-14-17-8-9-17/h2,4,6-7,10,12-13,17,19,25H,3,5,8-9,11,14-15H2,1H3,(H,26,28). The molecule has 1 aliphatic carbocycles. The lowest BCUT2D eigenvalue weighted by Gasteiger charge is -2.35. The number of carbonyl (C=O) groups excluding carboxylic acids is 1. The maximum atomic E-state index is 14.3. The molecule has 2 aliphatic rings. The van der Waals surface area contributed by atoms with Gasteiger partial charge in [-0.3, -0.25) is 4.79 Å². The molecule has 0 spiro atoms. The minimum absolute atomic E-state index is 0.0907. The summed E-state index contributed by atoms with van der Waals surface area (Å²) < 4.78 is 41.9. The van der Waals surface area contributed by atoms with Crippen molar-refractivity contribution in [3.05, 3.63) is 59.4 Å². The lowest BCUT2D eigenvalue weighted by atomic mass is 10.0. The second-order valence-corrected chi connectivity index (χ2v) is 10.3. The van der Waals surface area contributed by atoms with Crippen LogP contribution in [0, 0.1) is 18.7 Å². The summed E-state index contributed by atoms with van der Waals surface area (Å²) in [6.45, 7) is 3.60. The Bertz CT molecular complexity index is 1070. The molecule has 2 N–H and O–H groups in total. The monoisotopic (exact) mass is 445 g/mol. The topological polar surface area (TPSA) is 78.5 Å². The summed E-state index contributed by atoms with van der Waals surface area (Å²) in [6, 6.07) is 11.0. The van der Waals surface area contributed by atoms with E-state index < -0.39 is 10.0 Å². The van der Waals surface area contributed by atoms with Crippen LogP contribution in [-0.4, -0.2) is 40.0 Å². The number of nitrogens with one attached hydrogen (secondary N) is 2. The Morgan fingerprint density at radius 3 is 2.74 bits per heavy atom. The number of amides is 1. The third-order valence-electron chi connectivity index (χ3n) is 5.86. The number of hydrogen-bond acceptors (Lipinski definition) is 4. The maximum Gasteiger partial charge on any atom is 0.251 e. The largest absolute Gasteiger partial charge is 0.367 e. The van der Waals surface area contributed by atoms with Crippen molar-refractivity contribution in [3.63, 3.8) is 0 Å². The van der Waals surface area contributed by atoms with Crippen LogP contribution >= 0.6 is 0 Å². The maximum absolute atomic E-state index is 14.3. The van der Waals surface area contributed by atoms with E-state index in [9.17, 15) is 17.6 Å². The van der Waals surface area contributed by atoms with Crippen molar-refractivity contribution in [1.29, 1.82) is 0 Å². The highest BCUT2D eigenvalue weighted by atomic mass is 32.2. The lowest BCUT2D eigenvalue weighted by Crippen LogP contribution is -2.48. The Morgan fingerprint density at radius 2 is 1.97 bits per heavy atom. The fourth-order valence-corrected chi connectivity index (χ4v) is 5.05. The molecule has 166 valence electrons. The number of piperidine rings is 1. The summed E-state index contributed by atoms with van der Waals surface area (Å²) in [6.07, 6.45) is 3.72. The van der Waals surface area contributed by atoms with Gasteiger partial charge in [-0.15, -0.1) is 0 Å². The average Bonchev–Trinajstić information content (AvgIpc) is 3.59. The van der Waals surface area contributed by atoms with E-state index in [0.717, 1.165) is 37.8 Å². The summed E-state index contributed by atoms with van der Waals surface area (Å²) in [5.74, 6) is -0.168. The number of halogens is 1. The molecule has 8 heteroatoms. The lowest BCUT2D eigenvalue weighted by molar-refractivity contribution is 0.0933. The number of nitrogens with zero attached hydrogens (tertiary/aromatic N) is 1. The Morgan fingerprint density at radius 1 is 1.16 bits per heavy atom. The van der Waals surface area contributed by atoms with Crippen LogP contribution in [0.4, 0.5) is 10.1 Å². The van der Waals surface area contributed by atoms with Crippen molar-refractivity contribution in [2.75, 3.05) is 24.5 Å². The van der Waals surface area contributed by atoms with Gasteiger partial charge in [-0.2, -0.15) is 0 Å². The average molecular weight is 446 g/mol. The minimum Gasteiger partial charge on any atom is -0.367 e. The molecule has 1 saturated heterocycles. The molecule has 6 nitrogen and oxygen atoms in total. The van der Waals surface area contributed by atoms with Gasteiger partial charge in [-0.05, 0) is 74.4 Å². The molecule has 4 rings (SSSR count). The zero-order chi connectivity index (χ0) is 22.0. The number of sulfonamides is 1. The molecule has 0 radical (unpaired) electrons. The van der Waals surface area contributed by atoms with Crippen LogP contribution in [0.1, 0.15) is 41.6 Å². The van der Waals surface area contributed by atoms with E-state index in [-0.39, 0.29) is 22.7 Å². The molecule has 2 fully saturated rings. The van der Waals surface area contributed by atoms with Gasteiger partial charge in [0, 0.05) is 31.2 Å². The number of anilines is 1. The zero-order valence-electron chi connectivity index (χ0n) is 17.6. The SMILES string of the molecule is Cc1ccc(F)c(N2CCCC(NC(=O)c3cccc(S(=O)(=O)NCC4CC4)c3)C2)c1. The number of carbonyl (C=O) groups is 1. The van der Waals surface area contributed by atoms with Gasteiger partial charge < -0.3 is 10.2 Å². The number of rotatable bonds is 7. The van der Waals surface area contributed by atoms with Crippen molar-refractivity contribution in [2.24, 2.45) is 5.92 Å². The summed E-state index contributed by atoms with van der Waals surface area (Å²) >= 11 is 0. The highest BCUT2D eigenvalue weighted by Gasteiger charge is 2.26. The van der Waals surface area contributed by atoms with Crippen LogP contribution in [0.25, 0.3) is 0 Å². The quantitative estimate of drug-likeness (QED) is 0.686. The van der Waals surface area contributed by atoms with Gasteiger partial charge in [0.1, 0.15) is 5.82 Å². The van der Waals surface area contributed by atoms with E-state index in [0.29, 0.717) is 30.3 Å². The van der Waals surface area contributed by atoms with E-state index in [2.05, 4.69) is 10.0 Å². The second kappa shape index (κ2) is 8.96. The highest BCUT2D eigenvalue weighted by Crippen LogP contribution is 2.28. The zero-order valence-corrected chi connectivity index (χ0v) is 18.4. The molecule has 1 aliphatic heterocycles. The fourth-order valence-electron chi connectivity index (χ4n) is 3.88. The summed E-state index contributed by atoms with van der Waals surface area (Å²) in [7, 11) is -3.64. The van der Waals surface area contributed by atoms with Gasteiger partial charge in [0.15, 0.2) is 0 Å². The molecule has 1 atom stereocenters. The van der Waals surface area contributed by atoms with E-state index in [4.69, 9.17) is 0 Å². The second-order valence-electron chi connectivity index (χ2n) is 8.54. The predicted molar refractivity (Wildman–Crippen MR) is 118 cm³/mol. The molecule has 1 amide bonds. The normalized spacial score (nSPS) is 19.3. The van der Waals surface area contributed by atoms with Gasteiger partial charge >= 0.3 is 0 Å². The van der Waals surface area contributed by atoms with Crippen molar-refractivity contribution >= 4 is 21.6 Å². The van der Waals surface area contributed by atoms with Gasteiger partial charge in [-0.1, -0.05) is 12.1 Å². The molecule has 0 bridgehead atoms. The van der Waals surface area contributed by atoms with E-state index in [1.54, 1.807) is 18.2 Å². The first-order valence-electron chi connectivity index (χ1n) is 10.7. The van der Waals surface area contributed by atoms with Gasteiger partial charge in [0.25, 0.3) is 5.91 Å². The van der Waals surface area contributed by atoms with E-state index >= 15 is 0 Å². The van der Waals surface area contributed by atoms with E-state index in [1.807, 2.05) is 17.9 Å². The van der Waals surface area contributed by atoms with Crippen LogP contribution < -0.4 is 14.9 Å². The first kappa shape index (κ1) is 21.8. The van der Waals surface area contributed by atoms with Crippen molar-refractivity contribution < 1.29 is 17.6 Å². The molecule has 1 saturated carbocycles. The van der Waals surface area contributed by atoms with Crippen LogP contribution in [0.15, 0.2) is 47.4 Å². The third-order valence-corrected chi connectivity index (χ3v) is 7.29. The Hall–Kier alpha value is -2.45. The molecular weight excluding hydrogens is 417 g/mol. The number of hydrogen-bond donors (Lipinski definition) is 2. The third kappa shape index (κ3) is 5.43. The Labute approximate surface area is 182 Å². The molecule has 2 aromatic rings. The summed E-state index contributed by atoms with van der Waals surface area (Å²) in [4.78, 5) is 14.9. The number of benzene rings is 2. The van der Waals surface area contributed by atoms with E-state index in [1.165, 1.54) is 18.2 Å². The van der Waals surface area contributed by atoms with Gasteiger partial charge in [-0.25, -0.2) is 17.5 Å². The highest BCUT2D eigenvalue weighted by molar-refractivity contribution is 7.89. The molecule has 0 aromatic heterocycles. The van der Waals surface area contributed by atoms with Crippen molar-refractivity contribution in [2.45, 2.75) is 43.5 Å². The Balaban J connectivity index is 1.42. The minimum atomic E-state index is -3.64.